The van der Waals surface area contributed by atoms with Gasteiger partial charge < -0.3 is 14.0 Å². The summed E-state index contributed by atoms with van der Waals surface area (Å²) in [4.78, 5) is 2.44. The number of nitrogens with zero attached hydrogens (tertiary/aromatic N) is 3. The molecule has 0 amide bonds. The molecule has 660 valence electrons. The molecule has 2 aliphatic carbocycles. The molecule has 14 aromatic rings. The molecule has 2 aromatic heterocycles. The summed E-state index contributed by atoms with van der Waals surface area (Å²) in [6, 6.07) is 97.3. The number of aryl methyl sites for hydroxylation is 4. The molecule has 0 spiro atoms. The van der Waals surface area contributed by atoms with E-state index in [9.17, 15) is 0 Å². The van der Waals surface area contributed by atoms with Crippen molar-refractivity contribution in [2.75, 3.05) is 4.90 Å². The van der Waals surface area contributed by atoms with Gasteiger partial charge >= 0.3 is 0 Å². The summed E-state index contributed by atoms with van der Waals surface area (Å²) in [6.07, 6.45) is 47.2. The molecule has 127 heavy (non-hydrogen) atoms. The van der Waals surface area contributed by atoms with Gasteiger partial charge in [-0.2, -0.15) is 0 Å². The molecule has 0 unspecified atom stereocenters. The van der Waals surface area contributed by atoms with Crippen LogP contribution in [-0.2, 0) is 29.1 Å². The Hall–Kier alpha value is -9.96. The van der Waals surface area contributed by atoms with Gasteiger partial charge in [-0.15, -0.1) is 0 Å². The number of aromatic nitrogens is 2. The van der Waals surface area contributed by atoms with Gasteiger partial charge in [-0.1, -0.05) is 406 Å². The van der Waals surface area contributed by atoms with Crippen LogP contribution >= 0.6 is 0 Å². The van der Waals surface area contributed by atoms with E-state index in [2.05, 4.69) is 333 Å². The van der Waals surface area contributed by atoms with Crippen LogP contribution in [0, 0.1) is 13.8 Å². The predicted octanol–water partition coefficient (Wildman–Crippen LogP) is 38.0. The number of hydrogen-bond donors (Lipinski definition) is 0. The first kappa shape index (κ1) is 90.4. The molecular formula is C124H149N3. The topological polar surface area (TPSA) is 13.1 Å². The second-order valence-electron chi connectivity index (χ2n) is 39.9. The largest absolute Gasteiger partial charge is 0.311 e. The smallest absolute Gasteiger partial charge is 0.0544 e. The number of fused-ring (bicyclic) bond motifs is 14. The second-order valence-corrected chi connectivity index (χ2v) is 39.9. The fraction of sp³-hybridized carbons (Fsp3) is 0.419. The Kier molecular flexibility index (Phi) is 29.9. The minimum absolute atomic E-state index is 0.0478. The third-order valence-electron chi connectivity index (χ3n) is 29.8. The van der Waals surface area contributed by atoms with Crippen molar-refractivity contribution in [3.63, 3.8) is 0 Å². The molecule has 0 fully saturated rings. The second kappa shape index (κ2) is 42.1. The number of hydrogen-bond acceptors (Lipinski definition) is 1. The van der Waals surface area contributed by atoms with Crippen molar-refractivity contribution in [3.8, 4) is 67.0 Å². The average Bonchev–Trinajstić information content (AvgIpc) is 1.53. The molecular weight excluding hydrogens is 1530 g/mol. The summed E-state index contributed by atoms with van der Waals surface area (Å²) < 4.78 is 5.50. The molecule has 0 atom stereocenters. The zero-order valence-corrected chi connectivity index (χ0v) is 79.8. The van der Waals surface area contributed by atoms with Crippen LogP contribution in [0.1, 0.15) is 344 Å². The number of rotatable bonds is 46. The summed E-state index contributed by atoms with van der Waals surface area (Å²) in [5.74, 6) is 0. The van der Waals surface area contributed by atoms with Crippen molar-refractivity contribution in [2.45, 2.75) is 336 Å². The molecule has 16 rings (SSSR count). The number of anilines is 3. The fourth-order valence-corrected chi connectivity index (χ4v) is 22.9. The molecule has 2 heterocycles. The maximum atomic E-state index is 2.85. The molecule has 0 aliphatic heterocycles. The van der Waals surface area contributed by atoms with Crippen molar-refractivity contribution in [3.05, 3.63) is 293 Å². The minimum Gasteiger partial charge on any atom is -0.311 e. The SMILES string of the molecule is CCCCCCCCC1(CCCCCCCC)c2cc(-c3cc(CCCCCC)c(-n4c5ccc(-c6ccccc6)cc5c5c6c(ccc54)-c4ccc(C)cc4C6(CCCCCCCC)CCCCCCCC)cc3CCCCCC)ccc2-c2ccc3c(c21)c1cc(-c2ccccc2)ccc1n3-c1ccc(N(c2ccc(C)cc2)c2ccc(C(C)(C)C)cc2)cc1. The van der Waals surface area contributed by atoms with Gasteiger partial charge in [-0.05, 0) is 268 Å². The zero-order chi connectivity index (χ0) is 87.9. The van der Waals surface area contributed by atoms with Crippen molar-refractivity contribution < 1.29 is 0 Å². The summed E-state index contributed by atoms with van der Waals surface area (Å²) in [7, 11) is 0. The monoisotopic (exact) mass is 1680 g/mol. The van der Waals surface area contributed by atoms with Crippen molar-refractivity contribution in [1.29, 1.82) is 0 Å². The molecule has 0 N–H and O–H groups in total. The lowest BCUT2D eigenvalue weighted by molar-refractivity contribution is 0.400. The van der Waals surface area contributed by atoms with Crippen LogP contribution in [0.3, 0.4) is 0 Å². The van der Waals surface area contributed by atoms with E-state index in [1.54, 1.807) is 22.3 Å². The molecule has 3 heteroatoms. The van der Waals surface area contributed by atoms with Gasteiger partial charge in [0.25, 0.3) is 0 Å². The van der Waals surface area contributed by atoms with Gasteiger partial charge in [0, 0.05) is 60.8 Å². The third kappa shape index (κ3) is 19.2. The van der Waals surface area contributed by atoms with Gasteiger partial charge in [0.15, 0.2) is 0 Å². The first-order chi connectivity index (χ1) is 62.2. The van der Waals surface area contributed by atoms with Gasteiger partial charge in [0.2, 0.25) is 0 Å². The van der Waals surface area contributed by atoms with Crippen LogP contribution < -0.4 is 4.90 Å². The quantitative estimate of drug-likeness (QED) is 0.0347. The van der Waals surface area contributed by atoms with Gasteiger partial charge in [0.1, 0.15) is 0 Å². The summed E-state index contributed by atoms with van der Waals surface area (Å²) in [5, 5.41) is 5.70. The number of unbranched alkanes of at least 4 members (excludes halogenated alkanes) is 26. The average molecular weight is 1680 g/mol. The molecule has 2 aliphatic rings. The van der Waals surface area contributed by atoms with Gasteiger partial charge in [-0.25, -0.2) is 0 Å². The maximum absolute atomic E-state index is 2.85. The lowest BCUT2D eigenvalue weighted by Gasteiger charge is -2.34. The standard InChI is InChI=1S/C124H149N3/c1-12-18-24-30-34-46-80-123(81-47-35-31-25-19-13-2)111-84-91(8)58-72-104(111)106-75-79-116-119(121(106)123)110-86-95(93-52-44-39-45-53-93)61-77-114(110)127(116)117-89-96(54-40-28-22-16-5)108(87-98(117)55-41-29-23-17-6)97-59-73-105-107-74-78-115-118(120(107)124(112(105)88-97,82-48-36-32-26-20-14-3)83-49-37-33-27-21-15-4)109-85-94(92-50-42-38-43-51-92)60-76-113(109)126(115)103-70-68-102(69-71-103)125(100-64-56-90(7)57-65-100)101-66-62-99(63-67-101)122(9,10)11/h38-39,42-45,50-53,56-79,84-89H,12-37,40-41,46-49,54-55,80-83H2,1-11H3. The van der Waals surface area contributed by atoms with Crippen LogP contribution in [-0.4, -0.2) is 9.13 Å². The third-order valence-corrected chi connectivity index (χ3v) is 29.8. The van der Waals surface area contributed by atoms with E-state index < -0.39 is 0 Å². The van der Waals surface area contributed by atoms with Crippen LogP contribution in [0.4, 0.5) is 17.1 Å². The normalized spacial score (nSPS) is 13.2. The highest BCUT2D eigenvalue weighted by atomic mass is 15.1. The Morgan fingerprint density at radius 1 is 0.276 bits per heavy atom. The molecule has 12 aromatic carbocycles. The van der Waals surface area contributed by atoms with E-state index >= 15 is 0 Å². The molecule has 0 saturated carbocycles. The molecule has 0 radical (unpaired) electrons. The van der Waals surface area contributed by atoms with E-state index in [-0.39, 0.29) is 16.2 Å². The first-order valence-corrected chi connectivity index (χ1v) is 51.1. The van der Waals surface area contributed by atoms with Gasteiger partial charge in [0.05, 0.1) is 22.1 Å². The summed E-state index contributed by atoms with van der Waals surface area (Å²) >= 11 is 0. The Balaban J connectivity index is 0.915. The van der Waals surface area contributed by atoms with Crippen LogP contribution in [0.2, 0.25) is 0 Å². The summed E-state index contributed by atoms with van der Waals surface area (Å²) in [6.45, 7) is 25.7. The van der Waals surface area contributed by atoms with Crippen molar-refractivity contribution >= 4 is 60.7 Å². The van der Waals surface area contributed by atoms with E-state index in [0.29, 0.717) is 0 Å². The maximum Gasteiger partial charge on any atom is 0.0544 e. The highest BCUT2D eigenvalue weighted by Gasteiger charge is 2.47. The van der Waals surface area contributed by atoms with E-state index in [4.69, 9.17) is 0 Å². The highest BCUT2D eigenvalue weighted by Crippen LogP contribution is 2.61. The Morgan fingerprint density at radius 3 is 1.11 bits per heavy atom. The first-order valence-electron chi connectivity index (χ1n) is 51.1. The van der Waals surface area contributed by atoms with Crippen LogP contribution in [0.5, 0.6) is 0 Å². The highest BCUT2D eigenvalue weighted by molar-refractivity contribution is 6.17. The Labute approximate surface area is 765 Å². The lowest BCUT2D eigenvalue weighted by Crippen LogP contribution is -2.26. The Morgan fingerprint density at radius 2 is 0.646 bits per heavy atom. The number of benzene rings is 12. The van der Waals surface area contributed by atoms with Crippen molar-refractivity contribution in [1.82, 2.24) is 9.13 Å². The van der Waals surface area contributed by atoms with E-state index in [1.807, 2.05) is 0 Å². The zero-order valence-electron chi connectivity index (χ0n) is 79.8. The molecule has 0 bridgehead atoms. The van der Waals surface area contributed by atoms with E-state index in [0.717, 1.165) is 55.6 Å². The Bertz CT molecular complexity index is 5940. The van der Waals surface area contributed by atoms with Crippen molar-refractivity contribution in [2.24, 2.45) is 0 Å². The predicted molar refractivity (Wildman–Crippen MR) is 554 cm³/mol. The fourth-order valence-electron chi connectivity index (χ4n) is 22.9. The lowest BCUT2D eigenvalue weighted by atomic mass is 9.69. The van der Waals surface area contributed by atoms with Gasteiger partial charge in [-0.3, -0.25) is 0 Å². The molecule has 0 saturated heterocycles. The van der Waals surface area contributed by atoms with E-state index in [1.165, 1.54) is 344 Å². The minimum atomic E-state index is -0.248. The summed E-state index contributed by atoms with van der Waals surface area (Å²) in [5.41, 5.74) is 38.2. The van der Waals surface area contributed by atoms with Crippen LogP contribution in [0.15, 0.2) is 243 Å². The molecule has 3 nitrogen and oxygen atoms in total. The van der Waals surface area contributed by atoms with Crippen LogP contribution in [0.25, 0.3) is 111 Å².